The zero-order valence-corrected chi connectivity index (χ0v) is 17.9. The van der Waals surface area contributed by atoms with Gasteiger partial charge in [0.1, 0.15) is 56.4 Å². The molecule has 8 heteroatoms. The van der Waals surface area contributed by atoms with E-state index < -0.39 is 5.54 Å². The number of hydrogen-bond acceptors (Lipinski definition) is 4. The summed E-state index contributed by atoms with van der Waals surface area (Å²) in [5.74, 6) is 1.68. The van der Waals surface area contributed by atoms with Gasteiger partial charge in [-0.25, -0.2) is 9.69 Å². The SMILES string of the molecule is COc1ccc(OCC[NH+]2CC[NH+](CN3C(=O)NC4(CCCCC4)C3=O)CC2)cc1. The van der Waals surface area contributed by atoms with Crippen molar-refractivity contribution in [1.82, 2.24) is 10.2 Å². The number of rotatable bonds is 7. The van der Waals surface area contributed by atoms with E-state index in [4.69, 9.17) is 9.47 Å². The minimum atomic E-state index is -0.610. The third-order valence-corrected chi connectivity index (χ3v) is 6.78. The number of imide groups is 1. The van der Waals surface area contributed by atoms with Gasteiger partial charge in [0.05, 0.1) is 7.11 Å². The second-order valence-electron chi connectivity index (χ2n) is 8.74. The first-order chi connectivity index (χ1) is 14.6. The molecule has 0 atom stereocenters. The van der Waals surface area contributed by atoms with E-state index in [-0.39, 0.29) is 11.9 Å². The van der Waals surface area contributed by atoms with Crippen LogP contribution in [0.2, 0.25) is 0 Å². The third kappa shape index (κ3) is 4.54. The summed E-state index contributed by atoms with van der Waals surface area (Å²) in [5, 5.41) is 3.01. The van der Waals surface area contributed by atoms with Crippen LogP contribution in [0.15, 0.2) is 24.3 Å². The Morgan fingerprint density at radius 3 is 2.27 bits per heavy atom. The van der Waals surface area contributed by atoms with E-state index in [0.717, 1.165) is 76.3 Å². The van der Waals surface area contributed by atoms with E-state index in [2.05, 4.69) is 5.32 Å². The van der Waals surface area contributed by atoms with Crippen LogP contribution in [0.4, 0.5) is 4.79 Å². The van der Waals surface area contributed by atoms with Gasteiger partial charge in [-0.3, -0.25) is 4.79 Å². The lowest BCUT2D eigenvalue weighted by molar-refractivity contribution is -1.01. The molecule has 0 unspecified atom stereocenters. The molecule has 3 aliphatic rings. The molecule has 2 saturated heterocycles. The molecule has 1 aromatic rings. The number of piperazine rings is 1. The minimum absolute atomic E-state index is 0.00219. The first kappa shape index (κ1) is 20.9. The predicted molar refractivity (Wildman–Crippen MR) is 111 cm³/mol. The molecule has 2 aliphatic heterocycles. The molecule has 3 N–H and O–H groups in total. The van der Waals surface area contributed by atoms with E-state index in [1.807, 2.05) is 24.3 Å². The molecule has 3 fully saturated rings. The Morgan fingerprint density at radius 1 is 0.967 bits per heavy atom. The number of methoxy groups -OCH3 is 1. The number of carbonyl (C=O) groups is 2. The maximum absolute atomic E-state index is 12.9. The van der Waals surface area contributed by atoms with Crippen molar-refractivity contribution in [3.8, 4) is 11.5 Å². The molecule has 1 saturated carbocycles. The van der Waals surface area contributed by atoms with E-state index in [0.29, 0.717) is 13.3 Å². The van der Waals surface area contributed by atoms with Crippen LogP contribution in [0.3, 0.4) is 0 Å². The molecule has 0 aromatic heterocycles. The average molecular weight is 419 g/mol. The fourth-order valence-corrected chi connectivity index (χ4v) is 4.89. The fourth-order valence-electron chi connectivity index (χ4n) is 4.89. The Morgan fingerprint density at radius 2 is 1.60 bits per heavy atom. The Labute approximate surface area is 178 Å². The number of quaternary nitrogens is 2. The molecule has 164 valence electrons. The Balaban J connectivity index is 1.19. The lowest BCUT2D eigenvalue weighted by Gasteiger charge is -2.32. The van der Waals surface area contributed by atoms with Crippen molar-refractivity contribution in [2.45, 2.75) is 37.6 Å². The topological polar surface area (TPSA) is 76.8 Å². The first-order valence-electron chi connectivity index (χ1n) is 11.2. The summed E-state index contributed by atoms with van der Waals surface area (Å²) in [4.78, 5) is 29.7. The van der Waals surface area contributed by atoms with Crippen LogP contribution >= 0.6 is 0 Å². The van der Waals surface area contributed by atoms with Crippen LogP contribution in [-0.4, -0.2) is 75.5 Å². The minimum Gasteiger partial charge on any atom is -0.497 e. The molecule has 4 rings (SSSR count). The zero-order valence-electron chi connectivity index (χ0n) is 17.9. The standard InChI is InChI=1S/C22H32N4O4/c1-29-18-5-7-19(8-6-18)30-16-15-24-11-13-25(14-12-24)17-26-20(27)22(23-21(26)28)9-3-2-4-10-22/h5-8H,2-4,9-17H2,1H3,(H,23,28)/p+2. The van der Waals surface area contributed by atoms with E-state index in [1.165, 1.54) is 14.7 Å². The largest absolute Gasteiger partial charge is 0.497 e. The monoisotopic (exact) mass is 418 g/mol. The highest BCUT2D eigenvalue weighted by atomic mass is 16.5. The first-order valence-corrected chi connectivity index (χ1v) is 11.2. The maximum Gasteiger partial charge on any atom is 0.329 e. The predicted octanol–water partition coefficient (Wildman–Crippen LogP) is -0.930. The third-order valence-electron chi connectivity index (χ3n) is 6.78. The molecule has 30 heavy (non-hydrogen) atoms. The van der Waals surface area contributed by atoms with Gasteiger partial charge in [-0.2, -0.15) is 0 Å². The number of amides is 3. The van der Waals surface area contributed by atoms with Crippen molar-refractivity contribution in [3.05, 3.63) is 24.3 Å². The van der Waals surface area contributed by atoms with Gasteiger partial charge in [-0.1, -0.05) is 19.3 Å². The molecule has 1 aliphatic carbocycles. The van der Waals surface area contributed by atoms with Gasteiger partial charge in [0.25, 0.3) is 5.91 Å². The molecular weight excluding hydrogens is 384 g/mol. The fraction of sp³-hybridized carbons (Fsp3) is 0.636. The number of benzene rings is 1. The van der Waals surface area contributed by atoms with Crippen LogP contribution in [0.25, 0.3) is 0 Å². The number of carbonyl (C=O) groups excluding carboxylic acids is 2. The van der Waals surface area contributed by atoms with E-state index >= 15 is 0 Å². The van der Waals surface area contributed by atoms with Gasteiger partial charge in [0.15, 0.2) is 6.67 Å². The lowest BCUT2D eigenvalue weighted by Crippen LogP contribution is -3.28. The number of urea groups is 1. The summed E-state index contributed by atoms with van der Waals surface area (Å²) in [7, 11) is 1.65. The molecule has 2 heterocycles. The molecule has 0 bridgehead atoms. The smallest absolute Gasteiger partial charge is 0.329 e. The zero-order chi connectivity index (χ0) is 21.0. The Hall–Kier alpha value is -2.32. The quantitative estimate of drug-likeness (QED) is 0.500. The molecule has 0 radical (unpaired) electrons. The average Bonchev–Trinajstić information content (AvgIpc) is 2.99. The summed E-state index contributed by atoms with van der Waals surface area (Å²) in [6, 6.07) is 7.45. The number of hydrogen-bond donors (Lipinski definition) is 3. The molecule has 3 amide bonds. The summed E-state index contributed by atoms with van der Waals surface area (Å²) in [5.41, 5.74) is -0.610. The highest BCUT2D eigenvalue weighted by Crippen LogP contribution is 2.33. The molecule has 8 nitrogen and oxygen atoms in total. The van der Waals surface area contributed by atoms with Gasteiger partial charge in [0, 0.05) is 0 Å². The number of nitrogens with one attached hydrogen (secondary N) is 3. The second-order valence-corrected chi connectivity index (χ2v) is 8.74. The summed E-state index contributed by atoms with van der Waals surface area (Å²) in [6.07, 6.45) is 4.77. The summed E-state index contributed by atoms with van der Waals surface area (Å²) in [6.45, 7) is 6.08. The Kier molecular flexibility index (Phi) is 6.43. The molecular formula is C22H34N4O4+2. The van der Waals surface area contributed by atoms with Crippen molar-refractivity contribution < 1.29 is 28.9 Å². The van der Waals surface area contributed by atoms with Crippen molar-refractivity contribution in [1.29, 1.82) is 0 Å². The van der Waals surface area contributed by atoms with Gasteiger partial charge < -0.3 is 24.6 Å². The number of ether oxygens (including phenoxy) is 2. The highest BCUT2D eigenvalue weighted by Gasteiger charge is 2.52. The van der Waals surface area contributed by atoms with Crippen LogP contribution < -0.4 is 24.6 Å². The normalized spacial score (nSPS) is 26.0. The molecule has 1 aromatic carbocycles. The molecule has 1 spiro atoms. The summed E-state index contributed by atoms with van der Waals surface area (Å²) < 4.78 is 11.0. The van der Waals surface area contributed by atoms with Crippen LogP contribution in [0.5, 0.6) is 11.5 Å². The van der Waals surface area contributed by atoms with Gasteiger partial charge >= 0.3 is 6.03 Å². The number of nitrogens with zero attached hydrogens (tertiary/aromatic N) is 1. The van der Waals surface area contributed by atoms with Crippen molar-refractivity contribution in [2.24, 2.45) is 0 Å². The Bertz CT molecular complexity index is 740. The lowest BCUT2D eigenvalue weighted by atomic mass is 9.82. The van der Waals surface area contributed by atoms with Crippen LogP contribution in [0, 0.1) is 0 Å². The van der Waals surface area contributed by atoms with E-state index in [1.54, 1.807) is 7.11 Å². The van der Waals surface area contributed by atoms with Crippen LogP contribution in [-0.2, 0) is 4.79 Å². The van der Waals surface area contributed by atoms with Crippen molar-refractivity contribution >= 4 is 11.9 Å². The van der Waals surface area contributed by atoms with Gasteiger partial charge in [-0.05, 0) is 37.1 Å². The van der Waals surface area contributed by atoms with Crippen molar-refractivity contribution in [3.63, 3.8) is 0 Å². The van der Waals surface area contributed by atoms with Crippen molar-refractivity contribution in [2.75, 3.05) is 53.1 Å². The maximum atomic E-state index is 12.9. The highest BCUT2D eigenvalue weighted by molar-refractivity contribution is 6.06. The second kappa shape index (κ2) is 9.22. The van der Waals surface area contributed by atoms with E-state index in [9.17, 15) is 9.59 Å². The van der Waals surface area contributed by atoms with Gasteiger partial charge in [-0.15, -0.1) is 0 Å². The van der Waals surface area contributed by atoms with Crippen LogP contribution in [0.1, 0.15) is 32.1 Å². The van der Waals surface area contributed by atoms with Gasteiger partial charge in [0.2, 0.25) is 0 Å². The summed E-state index contributed by atoms with van der Waals surface area (Å²) >= 11 is 0.